The first-order chi connectivity index (χ1) is 17.6. The van der Waals surface area contributed by atoms with Gasteiger partial charge in [0.2, 0.25) is 0 Å². The Morgan fingerprint density at radius 2 is 1.42 bits per heavy atom. The van der Waals surface area contributed by atoms with Crippen LogP contribution in [0, 0.1) is 6.92 Å². The Kier molecular flexibility index (Phi) is 8.40. The van der Waals surface area contributed by atoms with Gasteiger partial charge in [0, 0.05) is 11.6 Å². The summed E-state index contributed by atoms with van der Waals surface area (Å²) in [5.41, 5.74) is 5.97. The number of hydrogen-bond donors (Lipinski definition) is 0. The Balaban J connectivity index is 1.83. The van der Waals surface area contributed by atoms with Gasteiger partial charge in [0.25, 0.3) is 0 Å². The molecule has 4 nitrogen and oxygen atoms in total. The molecule has 0 bridgehead atoms. The highest BCUT2D eigenvalue weighted by atomic mass is 16.5. The summed E-state index contributed by atoms with van der Waals surface area (Å²) in [6, 6.07) is 32.2. The Morgan fingerprint density at radius 3 is 2.00 bits per heavy atom. The molecule has 0 amide bonds. The average Bonchev–Trinajstić information content (AvgIpc) is 2.92. The quantitative estimate of drug-likeness (QED) is 0.221. The molecular formula is C32H32O4. The van der Waals surface area contributed by atoms with Gasteiger partial charge in [-0.25, -0.2) is 0 Å². The van der Waals surface area contributed by atoms with Gasteiger partial charge in [-0.15, -0.1) is 0 Å². The zero-order valence-electron chi connectivity index (χ0n) is 21.1. The molecule has 0 saturated carbocycles. The smallest absolute Gasteiger partial charge is 0.313 e. The molecule has 1 atom stereocenters. The van der Waals surface area contributed by atoms with E-state index in [1.165, 1.54) is 7.11 Å². The molecule has 0 saturated heterocycles. The van der Waals surface area contributed by atoms with Crippen LogP contribution in [-0.2, 0) is 22.7 Å². The van der Waals surface area contributed by atoms with E-state index in [2.05, 4.69) is 25.1 Å². The van der Waals surface area contributed by atoms with Crippen molar-refractivity contribution >= 4 is 5.97 Å². The SMILES string of the molecule is CCC(C(=O)OC)c1cc(OCc2ccccc2)cc(OCc2ccccc2)c1-c1cccc(C)c1. The van der Waals surface area contributed by atoms with Crippen LogP contribution in [0.2, 0.25) is 0 Å². The molecule has 36 heavy (non-hydrogen) atoms. The summed E-state index contributed by atoms with van der Waals surface area (Å²) in [5.74, 6) is 0.591. The lowest BCUT2D eigenvalue weighted by molar-refractivity contribution is -0.142. The summed E-state index contributed by atoms with van der Waals surface area (Å²) >= 11 is 0. The zero-order chi connectivity index (χ0) is 25.3. The van der Waals surface area contributed by atoms with Crippen molar-refractivity contribution in [1.82, 2.24) is 0 Å². The molecule has 0 aliphatic carbocycles. The van der Waals surface area contributed by atoms with E-state index in [4.69, 9.17) is 14.2 Å². The fourth-order valence-corrected chi connectivity index (χ4v) is 4.32. The first-order valence-corrected chi connectivity index (χ1v) is 12.2. The van der Waals surface area contributed by atoms with Crippen LogP contribution in [0.15, 0.2) is 97.1 Å². The van der Waals surface area contributed by atoms with Gasteiger partial charge in [0.1, 0.15) is 24.7 Å². The van der Waals surface area contributed by atoms with Gasteiger partial charge in [-0.3, -0.25) is 4.79 Å². The summed E-state index contributed by atoms with van der Waals surface area (Å²) < 4.78 is 17.8. The van der Waals surface area contributed by atoms with Crippen molar-refractivity contribution in [2.45, 2.75) is 39.4 Å². The molecule has 0 N–H and O–H groups in total. The Labute approximate surface area is 213 Å². The minimum Gasteiger partial charge on any atom is -0.489 e. The number of esters is 1. The molecule has 0 fully saturated rings. The molecule has 4 aromatic rings. The Hall–Kier alpha value is -4.05. The molecule has 0 aliphatic heterocycles. The van der Waals surface area contributed by atoms with Crippen molar-refractivity contribution in [2.24, 2.45) is 0 Å². The highest BCUT2D eigenvalue weighted by Crippen LogP contribution is 2.42. The van der Waals surface area contributed by atoms with E-state index in [1.807, 2.05) is 85.8 Å². The number of benzene rings is 4. The molecule has 0 spiro atoms. The van der Waals surface area contributed by atoms with Crippen LogP contribution < -0.4 is 9.47 Å². The van der Waals surface area contributed by atoms with Crippen LogP contribution >= 0.6 is 0 Å². The van der Waals surface area contributed by atoms with Gasteiger partial charge in [0.15, 0.2) is 0 Å². The van der Waals surface area contributed by atoms with Crippen LogP contribution in [0.5, 0.6) is 11.5 Å². The van der Waals surface area contributed by atoms with E-state index >= 15 is 0 Å². The lowest BCUT2D eigenvalue weighted by Crippen LogP contribution is -2.15. The molecule has 0 radical (unpaired) electrons. The Morgan fingerprint density at radius 1 is 0.778 bits per heavy atom. The first-order valence-electron chi connectivity index (χ1n) is 12.2. The van der Waals surface area contributed by atoms with Gasteiger partial charge < -0.3 is 14.2 Å². The molecule has 184 valence electrons. The summed E-state index contributed by atoms with van der Waals surface area (Å²) in [6.45, 7) is 4.86. The number of aryl methyl sites for hydroxylation is 1. The first kappa shape index (κ1) is 25.1. The van der Waals surface area contributed by atoms with Crippen LogP contribution in [0.4, 0.5) is 0 Å². The van der Waals surface area contributed by atoms with E-state index in [-0.39, 0.29) is 5.97 Å². The predicted molar refractivity (Wildman–Crippen MR) is 143 cm³/mol. The van der Waals surface area contributed by atoms with Crippen molar-refractivity contribution in [1.29, 1.82) is 0 Å². The fourth-order valence-electron chi connectivity index (χ4n) is 4.32. The minimum atomic E-state index is -0.454. The molecule has 4 aromatic carbocycles. The molecule has 0 heterocycles. The van der Waals surface area contributed by atoms with Gasteiger partial charge in [0.05, 0.1) is 13.0 Å². The van der Waals surface area contributed by atoms with Crippen LogP contribution in [0.25, 0.3) is 11.1 Å². The second kappa shape index (κ2) is 12.1. The summed E-state index contributed by atoms with van der Waals surface area (Å²) in [5, 5.41) is 0. The maximum atomic E-state index is 12.9. The van der Waals surface area contributed by atoms with Gasteiger partial charge in [-0.1, -0.05) is 97.4 Å². The van der Waals surface area contributed by atoms with Crippen molar-refractivity contribution < 1.29 is 19.0 Å². The maximum Gasteiger partial charge on any atom is 0.313 e. The van der Waals surface area contributed by atoms with Crippen LogP contribution in [0.3, 0.4) is 0 Å². The van der Waals surface area contributed by atoms with Crippen LogP contribution in [-0.4, -0.2) is 13.1 Å². The molecule has 4 rings (SSSR count). The molecule has 0 aromatic heterocycles. The van der Waals surface area contributed by atoms with Crippen LogP contribution in [0.1, 0.15) is 41.5 Å². The monoisotopic (exact) mass is 480 g/mol. The van der Waals surface area contributed by atoms with E-state index < -0.39 is 5.92 Å². The third kappa shape index (κ3) is 6.14. The minimum absolute atomic E-state index is 0.277. The van der Waals surface area contributed by atoms with Crippen molar-refractivity contribution in [3.05, 3.63) is 119 Å². The molecule has 4 heteroatoms. The standard InChI is InChI=1S/C32H32O4/c1-4-28(32(33)34-3)29-19-27(35-21-24-13-7-5-8-14-24)20-30(36-22-25-15-9-6-10-16-25)31(29)26-17-11-12-23(2)18-26/h5-20,28H,4,21-22H2,1-3H3. The number of methoxy groups -OCH3 is 1. The van der Waals surface area contributed by atoms with E-state index in [0.29, 0.717) is 31.1 Å². The number of rotatable bonds is 10. The number of ether oxygens (including phenoxy) is 3. The van der Waals surface area contributed by atoms with Crippen molar-refractivity contribution in [2.75, 3.05) is 7.11 Å². The largest absolute Gasteiger partial charge is 0.489 e. The number of carbonyl (C=O) groups is 1. The Bertz CT molecular complexity index is 1280. The predicted octanol–water partition coefficient (Wildman–Crippen LogP) is 7.49. The van der Waals surface area contributed by atoms with E-state index in [1.54, 1.807) is 0 Å². The summed E-state index contributed by atoms with van der Waals surface area (Å²) in [6.07, 6.45) is 0.589. The maximum absolute atomic E-state index is 12.9. The molecule has 1 unspecified atom stereocenters. The fraction of sp³-hybridized carbons (Fsp3) is 0.219. The third-order valence-corrected chi connectivity index (χ3v) is 6.17. The van der Waals surface area contributed by atoms with Gasteiger partial charge in [-0.2, -0.15) is 0 Å². The zero-order valence-corrected chi connectivity index (χ0v) is 21.1. The van der Waals surface area contributed by atoms with Gasteiger partial charge in [-0.05, 0) is 41.7 Å². The van der Waals surface area contributed by atoms with Crippen molar-refractivity contribution in [3.63, 3.8) is 0 Å². The van der Waals surface area contributed by atoms with Gasteiger partial charge >= 0.3 is 5.97 Å². The average molecular weight is 481 g/mol. The summed E-state index contributed by atoms with van der Waals surface area (Å²) in [7, 11) is 1.43. The lowest BCUT2D eigenvalue weighted by atomic mass is 9.87. The normalized spacial score (nSPS) is 11.5. The molecular weight excluding hydrogens is 448 g/mol. The van der Waals surface area contributed by atoms with Crippen molar-refractivity contribution in [3.8, 4) is 22.6 Å². The topological polar surface area (TPSA) is 44.8 Å². The number of carbonyl (C=O) groups excluding carboxylic acids is 1. The summed E-state index contributed by atoms with van der Waals surface area (Å²) in [4.78, 5) is 12.9. The highest BCUT2D eigenvalue weighted by Gasteiger charge is 2.27. The molecule has 0 aliphatic rings. The van der Waals surface area contributed by atoms with E-state index in [0.717, 1.165) is 33.4 Å². The highest BCUT2D eigenvalue weighted by molar-refractivity contribution is 5.85. The van der Waals surface area contributed by atoms with E-state index in [9.17, 15) is 4.79 Å². The number of hydrogen-bond acceptors (Lipinski definition) is 4. The lowest BCUT2D eigenvalue weighted by Gasteiger charge is -2.23. The second-order valence-corrected chi connectivity index (χ2v) is 8.79. The second-order valence-electron chi connectivity index (χ2n) is 8.79. The third-order valence-electron chi connectivity index (χ3n) is 6.17.